The largest absolute Gasteiger partial charge is 0.396 e. The highest BCUT2D eigenvalue weighted by atomic mass is 32.2. The summed E-state index contributed by atoms with van der Waals surface area (Å²) in [5, 5.41) is 11.2. The van der Waals surface area contributed by atoms with E-state index in [0.717, 1.165) is 0 Å². The zero-order valence-corrected chi connectivity index (χ0v) is 11.8. The molecule has 1 rings (SSSR count). The standard InChI is InChI=1S/C13H18N2O4S/c1-2-7-15-20(18,19)12-6-3-5-11(10-12)13(17)14-8-4-9-16/h2-3,5-6,10,15-16H,1,4,7-9H2,(H,14,17). The van der Waals surface area contributed by atoms with Gasteiger partial charge in [0.25, 0.3) is 5.91 Å². The number of carbonyl (C=O) groups is 1. The summed E-state index contributed by atoms with van der Waals surface area (Å²) in [6, 6.07) is 5.75. The molecule has 0 atom stereocenters. The van der Waals surface area contributed by atoms with Crippen molar-refractivity contribution >= 4 is 15.9 Å². The highest BCUT2D eigenvalue weighted by Gasteiger charge is 2.15. The van der Waals surface area contributed by atoms with Crippen LogP contribution in [0.3, 0.4) is 0 Å². The lowest BCUT2D eigenvalue weighted by molar-refractivity contribution is 0.0951. The topological polar surface area (TPSA) is 95.5 Å². The molecule has 7 heteroatoms. The monoisotopic (exact) mass is 298 g/mol. The molecule has 3 N–H and O–H groups in total. The van der Waals surface area contributed by atoms with Crippen molar-refractivity contribution in [3.63, 3.8) is 0 Å². The third kappa shape index (κ3) is 4.76. The molecule has 0 aromatic heterocycles. The van der Waals surface area contributed by atoms with Gasteiger partial charge in [0.05, 0.1) is 4.90 Å². The lowest BCUT2D eigenvalue weighted by Gasteiger charge is -2.07. The fraction of sp³-hybridized carbons (Fsp3) is 0.308. The first-order chi connectivity index (χ1) is 9.51. The molecular formula is C13H18N2O4S. The van der Waals surface area contributed by atoms with E-state index < -0.39 is 10.0 Å². The van der Waals surface area contributed by atoms with Crippen LogP contribution in [-0.4, -0.2) is 39.1 Å². The predicted octanol–water partition coefficient (Wildman–Crippen LogP) is 0.263. The highest BCUT2D eigenvalue weighted by molar-refractivity contribution is 7.89. The van der Waals surface area contributed by atoms with Gasteiger partial charge in [0, 0.05) is 25.3 Å². The van der Waals surface area contributed by atoms with Crippen molar-refractivity contribution in [2.75, 3.05) is 19.7 Å². The summed E-state index contributed by atoms with van der Waals surface area (Å²) in [5.74, 6) is -0.376. The van der Waals surface area contributed by atoms with Gasteiger partial charge in [0.1, 0.15) is 0 Å². The summed E-state index contributed by atoms with van der Waals surface area (Å²) in [4.78, 5) is 11.8. The van der Waals surface area contributed by atoms with Gasteiger partial charge in [0.15, 0.2) is 0 Å². The second-order valence-electron chi connectivity index (χ2n) is 4.00. The molecule has 1 aromatic carbocycles. The van der Waals surface area contributed by atoms with E-state index in [2.05, 4.69) is 16.6 Å². The van der Waals surface area contributed by atoms with Crippen molar-refractivity contribution in [2.24, 2.45) is 0 Å². The van der Waals surface area contributed by atoms with E-state index in [4.69, 9.17) is 5.11 Å². The predicted molar refractivity (Wildman–Crippen MR) is 75.9 cm³/mol. The second-order valence-corrected chi connectivity index (χ2v) is 5.77. The SMILES string of the molecule is C=CCNS(=O)(=O)c1cccc(C(=O)NCCCO)c1. The first-order valence-corrected chi connectivity index (χ1v) is 7.59. The Morgan fingerprint density at radius 1 is 1.40 bits per heavy atom. The van der Waals surface area contributed by atoms with Gasteiger partial charge in [-0.15, -0.1) is 6.58 Å². The van der Waals surface area contributed by atoms with E-state index in [-0.39, 0.29) is 29.5 Å². The van der Waals surface area contributed by atoms with E-state index >= 15 is 0 Å². The Labute approximate surface area is 118 Å². The maximum Gasteiger partial charge on any atom is 0.251 e. The van der Waals surface area contributed by atoms with E-state index in [0.29, 0.717) is 13.0 Å². The minimum atomic E-state index is -3.64. The molecule has 20 heavy (non-hydrogen) atoms. The van der Waals surface area contributed by atoms with Crippen LogP contribution in [0, 0.1) is 0 Å². The molecule has 0 bridgehead atoms. The number of aliphatic hydroxyl groups is 1. The summed E-state index contributed by atoms with van der Waals surface area (Å²) in [6.07, 6.45) is 1.88. The minimum absolute atomic E-state index is 0.0137. The average Bonchev–Trinajstić information content (AvgIpc) is 2.45. The number of amides is 1. The van der Waals surface area contributed by atoms with Gasteiger partial charge in [-0.05, 0) is 24.6 Å². The van der Waals surface area contributed by atoms with Crippen LogP contribution in [0.2, 0.25) is 0 Å². The van der Waals surface area contributed by atoms with Gasteiger partial charge in [-0.2, -0.15) is 0 Å². The number of hydrogen-bond donors (Lipinski definition) is 3. The third-order valence-corrected chi connectivity index (χ3v) is 3.87. The third-order valence-electron chi connectivity index (χ3n) is 2.44. The molecule has 0 aliphatic rings. The van der Waals surface area contributed by atoms with E-state index in [1.54, 1.807) is 0 Å². The van der Waals surface area contributed by atoms with Crippen LogP contribution >= 0.6 is 0 Å². The zero-order chi connectivity index (χ0) is 15.0. The molecule has 0 aliphatic carbocycles. The first-order valence-electron chi connectivity index (χ1n) is 6.11. The van der Waals surface area contributed by atoms with Gasteiger partial charge in [-0.1, -0.05) is 12.1 Å². The van der Waals surface area contributed by atoms with Crippen molar-refractivity contribution < 1.29 is 18.3 Å². The molecule has 0 heterocycles. The van der Waals surface area contributed by atoms with Crippen molar-refractivity contribution in [1.82, 2.24) is 10.0 Å². The number of hydrogen-bond acceptors (Lipinski definition) is 4. The first kappa shape index (κ1) is 16.4. The fourth-order valence-electron chi connectivity index (χ4n) is 1.44. The quantitative estimate of drug-likeness (QED) is 0.474. The van der Waals surface area contributed by atoms with E-state index in [1.807, 2.05) is 0 Å². The summed E-state index contributed by atoms with van der Waals surface area (Å²) < 4.78 is 26.1. The van der Waals surface area contributed by atoms with Gasteiger partial charge in [-0.25, -0.2) is 13.1 Å². The zero-order valence-electron chi connectivity index (χ0n) is 11.0. The van der Waals surface area contributed by atoms with E-state index in [9.17, 15) is 13.2 Å². The Hall–Kier alpha value is -1.70. The molecule has 1 aromatic rings. The summed E-state index contributed by atoms with van der Waals surface area (Å²) in [6.45, 7) is 3.87. The van der Waals surface area contributed by atoms with E-state index in [1.165, 1.54) is 30.3 Å². The van der Waals surface area contributed by atoms with Gasteiger partial charge in [0.2, 0.25) is 10.0 Å². The Morgan fingerprint density at radius 3 is 2.80 bits per heavy atom. The molecule has 0 radical (unpaired) electrons. The van der Waals surface area contributed by atoms with Crippen molar-refractivity contribution in [1.29, 1.82) is 0 Å². The van der Waals surface area contributed by atoms with Crippen molar-refractivity contribution in [3.8, 4) is 0 Å². The Kier molecular flexibility index (Phi) is 6.37. The molecule has 110 valence electrons. The molecular weight excluding hydrogens is 280 g/mol. The number of benzene rings is 1. The lowest BCUT2D eigenvalue weighted by Crippen LogP contribution is -2.26. The maximum absolute atomic E-state index is 11.9. The molecule has 0 spiro atoms. The number of carbonyl (C=O) groups excluding carboxylic acids is 1. The fourth-order valence-corrected chi connectivity index (χ4v) is 2.48. The minimum Gasteiger partial charge on any atom is -0.396 e. The number of sulfonamides is 1. The van der Waals surface area contributed by atoms with Gasteiger partial charge >= 0.3 is 0 Å². The van der Waals surface area contributed by atoms with Crippen LogP contribution < -0.4 is 10.0 Å². The maximum atomic E-state index is 11.9. The Balaban J connectivity index is 2.85. The smallest absolute Gasteiger partial charge is 0.251 e. The summed E-state index contributed by atoms with van der Waals surface area (Å²) >= 11 is 0. The molecule has 6 nitrogen and oxygen atoms in total. The average molecular weight is 298 g/mol. The molecule has 0 aliphatic heterocycles. The van der Waals surface area contributed by atoms with Crippen LogP contribution in [0.4, 0.5) is 0 Å². The number of aliphatic hydroxyl groups excluding tert-OH is 1. The van der Waals surface area contributed by atoms with Gasteiger partial charge < -0.3 is 10.4 Å². The van der Waals surface area contributed by atoms with Crippen molar-refractivity contribution in [2.45, 2.75) is 11.3 Å². The molecule has 1 amide bonds. The summed E-state index contributed by atoms with van der Waals surface area (Å²) in [5.41, 5.74) is 0.254. The molecule has 0 fully saturated rings. The van der Waals surface area contributed by atoms with Crippen LogP contribution in [0.1, 0.15) is 16.8 Å². The van der Waals surface area contributed by atoms with Crippen molar-refractivity contribution in [3.05, 3.63) is 42.5 Å². The summed E-state index contributed by atoms with van der Waals surface area (Å²) in [7, 11) is -3.64. The van der Waals surface area contributed by atoms with Crippen LogP contribution in [0.25, 0.3) is 0 Å². The molecule has 0 saturated carbocycles. The second kappa shape index (κ2) is 7.78. The van der Waals surface area contributed by atoms with Crippen LogP contribution in [0.15, 0.2) is 41.8 Å². The Bertz CT molecular complexity index is 569. The van der Waals surface area contributed by atoms with Gasteiger partial charge in [-0.3, -0.25) is 4.79 Å². The Morgan fingerprint density at radius 2 is 2.15 bits per heavy atom. The molecule has 0 unspecified atom stereocenters. The van der Waals surface area contributed by atoms with Crippen LogP contribution in [-0.2, 0) is 10.0 Å². The normalized spacial score (nSPS) is 11.1. The van der Waals surface area contributed by atoms with Crippen LogP contribution in [0.5, 0.6) is 0 Å². The highest BCUT2D eigenvalue weighted by Crippen LogP contribution is 2.11. The number of nitrogens with one attached hydrogen (secondary N) is 2. The molecule has 0 saturated heterocycles. The number of rotatable bonds is 8. The lowest BCUT2D eigenvalue weighted by atomic mass is 10.2.